The highest BCUT2D eigenvalue weighted by atomic mass is 35.5. The quantitative estimate of drug-likeness (QED) is 0.722. The van der Waals surface area contributed by atoms with Crippen molar-refractivity contribution in [2.75, 3.05) is 11.9 Å². The van der Waals surface area contributed by atoms with Crippen LogP contribution in [0.15, 0.2) is 42.5 Å². The van der Waals surface area contributed by atoms with Crippen molar-refractivity contribution in [3.8, 4) is 5.75 Å². The molecule has 0 fully saturated rings. The first kappa shape index (κ1) is 19.7. The standard InChI is InChI=1S/C19H19ClFNO4/c1-3-10-25-15-7-4-13(5-8-15)19(24)26-12(2)18(23)22-17-9-6-14(20)11-16(17)21/h4-9,11-12H,3,10H2,1-2H3,(H,22,23)/t12-/m1/s1. The first-order valence-electron chi connectivity index (χ1n) is 8.10. The summed E-state index contributed by atoms with van der Waals surface area (Å²) >= 11 is 5.66. The highest BCUT2D eigenvalue weighted by Gasteiger charge is 2.20. The summed E-state index contributed by atoms with van der Waals surface area (Å²) < 4.78 is 24.3. The van der Waals surface area contributed by atoms with Crippen LogP contribution >= 0.6 is 11.6 Å². The number of hydrogen-bond donors (Lipinski definition) is 1. The number of halogens is 2. The van der Waals surface area contributed by atoms with Gasteiger partial charge in [0.15, 0.2) is 6.10 Å². The maximum absolute atomic E-state index is 13.7. The van der Waals surface area contributed by atoms with Crippen LogP contribution in [0.25, 0.3) is 0 Å². The van der Waals surface area contributed by atoms with Crippen molar-refractivity contribution in [2.45, 2.75) is 26.4 Å². The Morgan fingerprint density at radius 1 is 1.19 bits per heavy atom. The third-order valence-electron chi connectivity index (χ3n) is 3.40. The molecule has 7 heteroatoms. The summed E-state index contributed by atoms with van der Waals surface area (Å²) in [6.45, 7) is 3.98. The van der Waals surface area contributed by atoms with Gasteiger partial charge in [-0.3, -0.25) is 4.79 Å². The van der Waals surface area contributed by atoms with Crippen LogP contribution in [0.1, 0.15) is 30.6 Å². The molecule has 2 rings (SSSR count). The average Bonchev–Trinajstić information content (AvgIpc) is 2.62. The first-order valence-corrected chi connectivity index (χ1v) is 8.48. The SMILES string of the molecule is CCCOc1ccc(C(=O)O[C@H](C)C(=O)Nc2ccc(Cl)cc2F)cc1. The minimum atomic E-state index is -1.10. The molecule has 0 heterocycles. The number of ether oxygens (including phenoxy) is 2. The summed E-state index contributed by atoms with van der Waals surface area (Å²) in [7, 11) is 0. The molecule has 1 N–H and O–H groups in total. The fourth-order valence-electron chi connectivity index (χ4n) is 2.01. The molecule has 2 aromatic carbocycles. The molecule has 1 atom stereocenters. The van der Waals surface area contributed by atoms with Gasteiger partial charge in [-0.2, -0.15) is 0 Å². The lowest BCUT2D eigenvalue weighted by Crippen LogP contribution is -2.30. The molecular weight excluding hydrogens is 361 g/mol. The van der Waals surface area contributed by atoms with Gasteiger partial charge in [-0.05, 0) is 55.8 Å². The van der Waals surface area contributed by atoms with Crippen molar-refractivity contribution >= 4 is 29.2 Å². The van der Waals surface area contributed by atoms with Crippen molar-refractivity contribution in [1.82, 2.24) is 0 Å². The Morgan fingerprint density at radius 3 is 2.50 bits per heavy atom. The van der Waals surface area contributed by atoms with E-state index in [-0.39, 0.29) is 16.3 Å². The van der Waals surface area contributed by atoms with Gasteiger partial charge in [0.1, 0.15) is 11.6 Å². The molecular formula is C19H19ClFNO4. The van der Waals surface area contributed by atoms with E-state index in [1.165, 1.54) is 19.1 Å². The molecule has 2 aromatic rings. The molecule has 0 aliphatic carbocycles. The summed E-state index contributed by atoms with van der Waals surface area (Å²) in [6, 6.07) is 10.3. The van der Waals surface area contributed by atoms with Gasteiger partial charge in [0.25, 0.3) is 5.91 Å². The molecule has 0 bridgehead atoms. The normalized spacial score (nSPS) is 11.5. The van der Waals surface area contributed by atoms with Crippen LogP contribution in [-0.2, 0) is 9.53 Å². The molecule has 0 aliphatic rings. The van der Waals surface area contributed by atoms with Gasteiger partial charge in [0.05, 0.1) is 17.9 Å². The second-order valence-electron chi connectivity index (χ2n) is 5.53. The molecule has 5 nitrogen and oxygen atoms in total. The van der Waals surface area contributed by atoms with Crippen LogP contribution < -0.4 is 10.1 Å². The van der Waals surface area contributed by atoms with Gasteiger partial charge in [-0.15, -0.1) is 0 Å². The van der Waals surface area contributed by atoms with E-state index in [4.69, 9.17) is 21.1 Å². The first-order chi connectivity index (χ1) is 12.4. The predicted octanol–water partition coefficient (Wildman–Crippen LogP) is 4.45. The maximum Gasteiger partial charge on any atom is 0.338 e. The van der Waals surface area contributed by atoms with Crippen LogP contribution in [-0.4, -0.2) is 24.6 Å². The third-order valence-corrected chi connectivity index (χ3v) is 3.64. The summed E-state index contributed by atoms with van der Waals surface area (Å²) in [4.78, 5) is 24.2. The minimum Gasteiger partial charge on any atom is -0.494 e. The number of carbonyl (C=O) groups is 2. The minimum absolute atomic E-state index is 0.0419. The fourth-order valence-corrected chi connectivity index (χ4v) is 2.17. The Labute approximate surface area is 156 Å². The zero-order valence-corrected chi connectivity index (χ0v) is 15.2. The predicted molar refractivity (Wildman–Crippen MR) is 97.1 cm³/mol. The molecule has 1 amide bonds. The van der Waals surface area contributed by atoms with E-state index in [2.05, 4.69) is 5.32 Å². The van der Waals surface area contributed by atoms with Crippen molar-refractivity contribution < 1.29 is 23.5 Å². The van der Waals surface area contributed by atoms with Gasteiger partial charge in [-0.25, -0.2) is 9.18 Å². The van der Waals surface area contributed by atoms with Crippen molar-refractivity contribution in [1.29, 1.82) is 0 Å². The fraction of sp³-hybridized carbons (Fsp3) is 0.263. The molecule has 138 valence electrons. The molecule has 0 saturated carbocycles. The van der Waals surface area contributed by atoms with E-state index in [0.717, 1.165) is 12.5 Å². The lowest BCUT2D eigenvalue weighted by Gasteiger charge is -2.14. The second-order valence-corrected chi connectivity index (χ2v) is 5.97. The third kappa shape index (κ3) is 5.46. The summed E-state index contributed by atoms with van der Waals surface area (Å²) in [5.41, 5.74) is 0.242. The number of benzene rings is 2. The highest BCUT2D eigenvalue weighted by Crippen LogP contribution is 2.19. The van der Waals surface area contributed by atoms with E-state index in [1.807, 2.05) is 6.92 Å². The smallest absolute Gasteiger partial charge is 0.338 e. The Bertz CT molecular complexity index is 780. The highest BCUT2D eigenvalue weighted by molar-refractivity contribution is 6.30. The van der Waals surface area contributed by atoms with E-state index >= 15 is 0 Å². The van der Waals surface area contributed by atoms with Crippen molar-refractivity contribution in [3.05, 3.63) is 58.9 Å². The number of carbonyl (C=O) groups excluding carboxylic acids is 2. The lowest BCUT2D eigenvalue weighted by atomic mass is 10.2. The second kappa shape index (κ2) is 9.20. The summed E-state index contributed by atoms with van der Waals surface area (Å²) in [6.07, 6.45) is -0.224. The lowest BCUT2D eigenvalue weighted by molar-refractivity contribution is -0.123. The zero-order chi connectivity index (χ0) is 19.1. The Morgan fingerprint density at radius 2 is 1.88 bits per heavy atom. The van der Waals surface area contributed by atoms with Crippen LogP contribution in [0.2, 0.25) is 5.02 Å². The zero-order valence-electron chi connectivity index (χ0n) is 14.4. The van der Waals surface area contributed by atoms with Crippen LogP contribution in [0, 0.1) is 5.82 Å². The van der Waals surface area contributed by atoms with Crippen molar-refractivity contribution in [2.24, 2.45) is 0 Å². The topological polar surface area (TPSA) is 64.6 Å². The average molecular weight is 380 g/mol. The van der Waals surface area contributed by atoms with Gasteiger partial charge in [0, 0.05) is 5.02 Å². The van der Waals surface area contributed by atoms with Gasteiger partial charge in [-0.1, -0.05) is 18.5 Å². The van der Waals surface area contributed by atoms with E-state index < -0.39 is 23.8 Å². The maximum atomic E-state index is 13.7. The molecule has 0 unspecified atom stereocenters. The van der Waals surface area contributed by atoms with Crippen LogP contribution in [0.4, 0.5) is 10.1 Å². The van der Waals surface area contributed by atoms with Crippen molar-refractivity contribution in [3.63, 3.8) is 0 Å². The molecule has 0 spiro atoms. The summed E-state index contributed by atoms with van der Waals surface area (Å²) in [5, 5.41) is 2.57. The number of esters is 1. The van der Waals surface area contributed by atoms with E-state index in [9.17, 15) is 14.0 Å². The van der Waals surface area contributed by atoms with E-state index in [1.54, 1.807) is 24.3 Å². The number of nitrogens with one attached hydrogen (secondary N) is 1. The number of amides is 1. The largest absolute Gasteiger partial charge is 0.494 e. The number of anilines is 1. The van der Waals surface area contributed by atoms with Crippen LogP contribution in [0.3, 0.4) is 0 Å². The van der Waals surface area contributed by atoms with Crippen LogP contribution in [0.5, 0.6) is 5.75 Å². The molecule has 0 aliphatic heterocycles. The number of rotatable bonds is 7. The van der Waals surface area contributed by atoms with E-state index in [0.29, 0.717) is 12.4 Å². The Balaban J connectivity index is 1.94. The molecule has 26 heavy (non-hydrogen) atoms. The number of hydrogen-bond acceptors (Lipinski definition) is 4. The monoisotopic (exact) mass is 379 g/mol. The van der Waals surface area contributed by atoms with Gasteiger partial charge < -0.3 is 14.8 Å². The molecule has 0 saturated heterocycles. The summed E-state index contributed by atoms with van der Waals surface area (Å²) in [5.74, 6) is -1.34. The van der Waals surface area contributed by atoms with Gasteiger partial charge in [0.2, 0.25) is 0 Å². The Hall–Kier alpha value is -2.60. The van der Waals surface area contributed by atoms with Gasteiger partial charge >= 0.3 is 5.97 Å². The Kier molecular flexibility index (Phi) is 6.97. The molecule has 0 radical (unpaired) electrons. The molecule has 0 aromatic heterocycles.